The van der Waals surface area contributed by atoms with E-state index in [0.29, 0.717) is 0 Å². The molecule has 1 aliphatic rings. The largest absolute Gasteiger partial charge is 0.429 e. The average Bonchev–Trinajstić information content (AvgIpc) is 2.70. The molecule has 21 heavy (non-hydrogen) atoms. The molecule has 118 valence electrons. The van der Waals surface area contributed by atoms with Crippen molar-refractivity contribution in [2.24, 2.45) is 0 Å². The number of fused-ring (bicyclic) bond motifs is 1. The van der Waals surface area contributed by atoms with E-state index in [1.165, 1.54) is 18.2 Å². The van der Waals surface area contributed by atoms with Gasteiger partial charge in [0, 0.05) is 5.56 Å². The first-order valence-electron chi connectivity index (χ1n) is 6.49. The molecule has 1 aromatic rings. The van der Waals surface area contributed by atoms with Crippen molar-refractivity contribution >= 4 is 13.5 Å². The fourth-order valence-corrected chi connectivity index (χ4v) is 6.69. The zero-order valence-corrected chi connectivity index (χ0v) is 12.4. The van der Waals surface area contributed by atoms with Gasteiger partial charge >= 0.3 is 12.4 Å². The first-order valence-corrected chi connectivity index (χ1v) is 8.81. The second kappa shape index (κ2) is 4.74. The van der Waals surface area contributed by atoms with Gasteiger partial charge in [0.1, 0.15) is 0 Å². The van der Waals surface area contributed by atoms with Crippen LogP contribution in [0, 0.1) is 0 Å². The van der Waals surface area contributed by atoms with Gasteiger partial charge < -0.3 is 4.43 Å². The SMILES string of the molecule is CC[Si]1(CC)OC(C(F)(F)F)(C(F)(F)F)c2ccccc21. The first kappa shape index (κ1) is 16.3. The molecule has 1 aromatic carbocycles. The zero-order chi connectivity index (χ0) is 16.1. The maximum absolute atomic E-state index is 13.4. The Bertz CT molecular complexity index is 518. The highest BCUT2D eigenvalue weighted by Gasteiger charge is 2.78. The van der Waals surface area contributed by atoms with Crippen LogP contribution in [-0.2, 0) is 10.0 Å². The third-order valence-corrected chi connectivity index (χ3v) is 8.49. The Morgan fingerprint density at radius 3 is 1.86 bits per heavy atom. The summed E-state index contributed by atoms with van der Waals surface area (Å²) in [6.45, 7) is 3.16. The predicted octanol–water partition coefficient (Wildman–Crippen LogP) is 4.23. The highest BCUT2D eigenvalue weighted by Crippen LogP contribution is 2.57. The maximum atomic E-state index is 13.4. The Balaban J connectivity index is 2.83. The van der Waals surface area contributed by atoms with Gasteiger partial charge in [0.2, 0.25) is 8.32 Å². The number of hydrogen-bond donors (Lipinski definition) is 0. The summed E-state index contributed by atoms with van der Waals surface area (Å²) in [5.74, 6) is 0. The van der Waals surface area contributed by atoms with E-state index in [1.54, 1.807) is 13.8 Å². The lowest BCUT2D eigenvalue weighted by Gasteiger charge is -2.37. The minimum atomic E-state index is -5.56. The molecule has 1 heterocycles. The van der Waals surface area contributed by atoms with E-state index < -0.39 is 31.8 Å². The number of halogens is 6. The third-order valence-electron chi connectivity index (χ3n) is 4.09. The van der Waals surface area contributed by atoms with Gasteiger partial charge in [-0.2, -0.15) is 26.3 Å². The van der Waals surface area contributed by atoms with Crippen LogP contribution in [0.5, 0.6) is 0 Å². The molecule has 0 fully saturated rings. The van der Waals surface area contributed by atoms with Gasteiger partial charge in [-0.05, 0) is 17.3 Å². The molecule has 0 radical (unpaired) electrons. The van der Waals surface area contributed by atoms with Crippen LogP contribution >= 0.6 is 0 Å². The molecule has 0 aromatic heterocycles. The second-order valence-corrected chi connectivity index (χ2v) is 9.17. The van der Waals surface area contributed by atoms with E-state index in [-0.39, 0.29) is 17.3 Å². The highest BCUT2D eigenvalue weighted by atomic mass is 28.4. The number of hydrogen-bond acceptors (Lipinski definition) is 1. The summed E-state index contributed by atoms with van der Waals surface area (Å²) < 4.78 is 85.2. The summed E-state index contributed by atoms with van der Waals surface area (Å²) in [5.41, 5.74) is -4.99. The maximum Gasteiger partial charge on any atom is 0.429 e. The van der Waals surface area contributed by atoms with Crippen molar-refractivity contribution in [2.75, 3.05) is 0 Å². The Morgan fingerprint density at radius 1 is 0.952 bits per heavy atom. The van der Waals surface area contributed by atoms with Gasteiger partial charge in [-0.25, -0.2) is 0 Å². The molecule has 8 heteroatoms. The monoisotopic (exact) mass is 328 g/mol. The number of benzene rings is 1. The normalized spacial score (nSPS) is 20.4. The molecule has 0 atom stereocenters. The van der Waals surface area contributed by atoms with Gasteiger partial charge in [0.15, 0.2) is 0 Å². The van der Waals surface area contributed by atoms with Gasteiger partial charge in [-0.1, -0.05) is 38.1 Å². The van der Waals surface area contributed by atoms with Crippen LogP contribution in [0.15, 0.2) is 24.3 Å². The van der Waals surface area contributed by atoms with Crippen molar-refractivity contribution < 1.29 is 30.8 Å². The number of alkyl halides is 6. The smallest absolute Gasteiger partial charge is 0.388 e. The lowest BCUT2D eigenvalue weighted by atomic mass is 9.92. The van der Waals surface area contributed by atoms with Crippen LogP contribution in [-0.4, -0.2) is 20.7 Å². The second-order valence-electron chi connectivity index (χ2n) is 5.03. The zero-order valence-electron chi connectivity index (χ0n) is 11.4. The summed E-state index contributed by atoms with van der Waals surface area (Å²) in [6.07, 6.45) is -11.1. The molecule has 0 N–H and O–H groups in total. The summed E-state index contributed by atoms with van der Waals surface area (Å²) in [7, 11) is -3.30. The van der Waals surface area contributed by atoms with E-state index in [0.717, 1.165) is 6.07 Å². The van der Waals surface area contributed by atoms with Crippen molar-refractivity contribution in [3.8, 4) is 0 Å². The van der Waals surface area contributed by atoms with Crippen molar-refractivity contribution in [3.05, 3.63) is 29.8 Å². The third kappa shape index (κ3) is 2.02. The van der Waals surface area contributed by atoms with Gasteiger partial charge in [0.05, 0.1) is 0 Å². The lowest BCUT2D eigenvalue weighted by Crippen LogP contribution is -2.56. The van der Waals surface area contributed by atoms with Crippen LogP contribution in [0.25, 0.3) is 0 Å². The molecule has 0 unspecified atom stereocenters. The summed E-state index contributed by atoms with van der Waals surface area (Å²) in [5, 5.41) is 0.102. The summed E-state index contributed by atoms with van der Waals surface area (Å²) in [6, 6.07) is 5.19. The van der Waals surface area contributed by atoms with Crippen LogP contribution in [0.4, 0.5) is 26.3 Å². The van der Waals surface area contributed by atoms with E-state index in [9.17, 15) is 26.3 Å². The molecule has 0 bridgehead atoms. The van der Waals surface area contributed by atoms with Gasteiger partial charge in [-0.15, -0.1) is 0 Å². The van der Waals surface area contributed by atoms with Crippen molar-refractivity contribution in [2.45, 2.75) is 43.9 Å². The van der Waals surface area contributed by atoms with Crippen LogP contribution in [0.3, 0.4) is 0 Å². The van der Waals surface area contributed by atoms with Crippen LogP contribution < -0.4 is 5.19 Å². The van der Waals surface area contributed by atoms with Crippen LogP contribution in [0.2, 0.25) is 12.1 Å². The van der Waals surface area contributed by atoms with Crippen LogP contribution in [0.1, 0.15) is 19.4 Å². The molecule has 2 rings (SSSR count). The summed E-state index contributed by atoms with van der Waals surface area (Å²) in [4.78, 5) is 0. The van der Waals surface area contributed by atoms with Crippen molar-refractivity contribution in [1.29, 1.82) is 0 Å². The fraction of sp³-hybridized carbons (Fsp3) is 0.538. The Hall–Kier alpha value is -1.02. The van der Waals surface area contributed by atoms with Crippen molar-refractivity contribution in [3.63, 3.8) is 0 Å². The standard InChI is InChI=1S/C13H14F6OSi/c1-3-21(4-2)10-8-6-5-7-9(10)11(20-21,12(14,15)16)13(17,18)19/h5-8H,3-4H2,1-2H3. The lowest BCUT2D eigenvalue weighted by molar-refractivity contribution is -0.365. The van der Waals surface area contributed by atoms with E-state index in [1.807, 2.05) is 0 Å². The summed E-state index contributed by atoms with van der Waals surface area (Å²) >= 11 is 0. The van der Waals surface area contributed by atoms with E-state index in [2.05, 4.69) is 0 Å². The molecular weight excluding hydrogens is 314 g/mol. The Morgan fingerprint density at radius 2 is 1.43 bits per heavy atom. The average molecular weight is 328 g/mol. The quantitative estimate of drug-likeness (QED) is 0.583. The minimum absolute atomic E-state index is 0.102. The molecule has 0 saturated carbocycles. The molecule has 1 aliphatic heterocycles. The minimum Gasteiger partial charge on any atom is -0.388 e. The van der Waals surface area contributed by atoms with Gasteiger partial charge in [0.25, 0.3) is 5.60 Å². The van der Waals surface area contributed by atoms with E-state index >= 15 is 0 Å². The molecule has 1 nitrogen and oxygen atoms in total. The highest BCUT2D eigenvalue weighted by molar-refractivity contribution is 6.87. The molecule has 0 saturated heterocycles. The fourth-order valence-electron chi connectivity index (χ4n) is 2.95. The number of rotatable bonds is 2. The molecular formula is C13H14F6OSi. The Kier molecular flexibility index (Phi) is 3.69. The Labute approximate surface area is 119 Å². The first-order chi connectivity index (χ1) is 9.56. The van der Waals surface area contributed by atoms with E-state index in [4.69, 9.17) is 4.43 Å². The predicted molar refractivity (Wildman–Crippen MR) is 67.7 cm³/mol. The van der Waals surface area contributed by atoms with Crippen molar-refractivity contribution in [1.82, 2.24) is 0 Å². The molecule has 0 spiro atoms. The molecule has 0 amide bonds. The topological polar surface area (TPSA) is 9.23 Å². The van der Waals surface area contributed by atoms with Gasteiger partial charge in [-0.3, -0.25) is 0 Å². The molecule has 0 aliphatic carbocycles.